The van der Waals surface area contributed by atoms with E-state index in [1.807, 2.05) is 0 Å². The van der Waals surface area contributed by atoms with E-state index in [0.29, 0.717) is 11.1 Å². The molecule has 5 heteroatoms. The Hall–Kier alpha value is -1.62. The summed E-state index contributed by atoms with van der Waals surface area (Å²) in [5.74, 6) is -0.935. The van der Waals surface area contributed by atoms with Gasteiger partial charge in [-0.15, -0.1) is 4.36 Å². The highest BCUT2D eigenvalue weighted by atomic mass is 32.1. The number of carbonyl (C=O) groups excluding carboxylic acids is 2. The third-order valence-electron chi connectivity index (χ3n) is 1.64. The van der Waals surface area contributed by atoms with E-state index in [1.165, 1.54) is 31.4 Å². The van der Waals surface area contributed by atoms with Crippen LogP contribution in [0.2, 0.25) is 0 Å². The maximum atomic E-state index is 11.0. The summed E-state index contributed by atoms with van der Waals surface area (Å²) < 4.78 is 7.58. The Morgan fingerprint density at radius 1 is 1.21 bits per heavy atom. The number of amides is 1. The van der Waals surface area contributed by atoms with Crippen LogP contribution in [-0.2, 0) is 17.2 Å². The van der Waals surface area contributed by atoms with Crippen molar-refractivity contribution in [3.63, 3.8) is 0 Å². The number of ether oxygens (including phenoxy) is 1. The second-order valence-corrected chi connectivity index (χ2v) is 2.65. The van der Waals surface area contributed by atoms with Crippen LogP contribution in [0.3, 0.4) is 0 Å². The molecule has 0 unspecified atom stereocenters. The Kier molecular flexibility index (Phi) is 3.41. The number of esters is 1. The Labute approximate surface area is 86.1 Å². The number of methoxy groups -OCH3 is 1. The zero-order valence-corrected chi connectivity index (χ0v) is 8.21. The Balaban J connectivity index is 2.94. The first-order chi connectivity index (χ1) is 6.69. The van der Waals surface area contributed by atoms with Crippen molar-refractivity contribution in [2.45, 2.75) is 0 Å². The van der Waals surface area contributed by atoms with Crippen LogP contribution in [0.5, 0.6) is 0 Å². The van der Waals surface area contributed by atoms with Crippen molar-refractivity contribution >= 4 is 24.3 Å². The van der Waals surface area contributed by atoms with E-state index >= 15 is 0 Å². The molecule has 0 radical (unpaired) electrons. The molecule has 0 atom stereocenters. The summed E-state index contributed by atoms with van der Waals surface area (Å²) in [5, 5.41) is 0. The molecule has 1 amide bonds. The second kappa shape index (κ2) is 4.57. The lowest BCUT2D eigenvalue weighted by molar-refractivity contribution is 0.0600. The van der Waals surface area contributed by atoms with Crippen molar-refractivity contribution < 1.29 is 14.3 Å². The summed E-state index contributed by atoms with van der Waals surface area (Å²) in [6, 6.07) is 5.92. The molecule has 0 N–H and O–H groups in total. The van der Waals surface area contributed by atoms with E-state index < -0.39 is 11.9 Å². The topological polar surface area (TPSA) is 55.7 Å². The molecule has 0 fully saturated rings. The van der Waals surface area contributed by atoms with E-state index in [9.17, 15) is 9.59 Å². The normalized spacial score (nSPS) is 9.21. The van der Waals surface area contributed by atoms with Crippen molar-refractivity contribution in [2.24, 2.45) is 4.36 Å². The van der Waals surface area contributed by atoms with E-state index in [-0.39, 0.29) is 0 Å². The number of rotatable bonds is 2. The molecule has 14 heavy (non-hydrogen) atoms. The van der Waals surface area contributed by atoms with Gasteiger partial charge in [0, 0.05) is 18.0 Å². The molecule has 0 aromatic heterocycles. The zero-order chi connectivity index (χ0) is 10.6. The average Bonchev–Trinajstić information content (AvgIpc) is 2.27. The first kappa shape index (κ1) is 10.5. The fourth-order valence-corrected chi connectivity index (χ4v) is 1.02. The molecule has 0 saturated carbocycles. The highest BCUT2D eigenvalue weighted by molar-refractivity contribution is 7.47. The smallest absolute Gasteiger partial charge is 0.337 e. The molecule has 1 rings (SSSR count). The van der Waals surface area contributed by atoms with E-state index in [4.69, 9.17) is 0 Å². The van der Waals surface area contributed by atoms with Crippen LogP contribution >= 0.6 is 0 Å². The van der Waals surface area contributed by atoms with Crippen LogP contribution in [0.4, 0.5) is 0 Å². The molecule has 1 aromatic rings. The van der Waals surface area contributed by atoms with E-state index in [1.54, 1.807) is 0 Å². The molecule has 0 spiro atoms. The van der Waals surface area contributed by atoms with Crippen LogP contribution in [0, 0.1) is 0 Å². The molecule has 0 saturated heterocycles. The molecule has 0 aliphatic rings. The van der Waals surface area contributed by atoms with Gasteiger partial charge in [0.1, 0.15) is 0 Å². The van der Waals surface area contributed by atoms with Crippen LogP contribution in [0.25, 0.3) is 0 Å². The molecule has 72 valence electrons. The van der Waals surface area contributed by atoms with Crippen molar-refractivity contribution in [3.8, 4) is 0 Å². The van der Waals surface area contributed by atoms with Crippen molar-refractivity contribution in [3.05, 3.63) is 35.4 Å². The number of carbonyl (C=O) groups is 2. The van der Waals surface area contributed by atoms with Crippen molar-refractivity contribution in [2.75, 3.05) is 7.11 Å². The lowest BCUT2D eigenvalue weighted by Crippen LogP contribution is -2.02. The monoisotopic (exact) mass is 209 g/mol. The van der Waals surface area contributed by atoms with Gasteiger partial charge >= 0.3 is 5.97 Å². The lowest BCUT2D eigenvalue weighted by atomic mass is 10.1. The molecule has 0 aliphatic carbocycles. The second-order valence-electron chi connectivity index (χ2n) is 2.47. The zero-order valence-electron chi connectivity index (χ0n) is 7.39. The van der Waals surface area contributed by atoms with Gasteiger partial charge in [0.25, 0.3) is 5.91 Å². The van der Waals surface area contributed by atoms with Crippen LogP contribution in [-0.4, -0.2) is 19.0 Å². The highest BCUT2D eigenvalue weighted by Crippen LogP contribution is 2.06. The van der Waals surface area contributed by atoms with Gasteiger partial charge in [-0.05, 0) is 24.3 Å². The minimum Gasteiger partial charge on any atom is -0.465 e. The summed E-state index contributed by atoms with van der Waals surface area (Å²) >= 11 is 4.25. The third-order valence-corrected chi connectivity index (χ3v) is 1.80. The summed E-state index contributed by atoms with van der Waals surface area (Å²) in [7, 11) is 1.29. The lowest BCUT2D eigenvalue weighted by Gasteiger charge is -1.98. The van der Waals surface area contributed by atoms with Gasteiger partial charge in [0.15, 0.2) is 0 Å². The molecule has 0 heterocycles. The molecule has 0 aliphatic heterocycles. The van der Waals surface area contributed by atoms with Gasteiger partial charge in [-0.2, -0.15) is 0 Å². The van der Waals surface area contributed by atoms with Crippen LogP contribution in [0.1, 0.15) is 20.7 Å². The largest absolute Gasteiger partial charge is 0.465 e. The maximum Gasteiger partial charge on any atom is 0.337 e. The van der Waals surface area contributed by atoms with Crippen molar-refractivity contribution in [1.82, 2.24) is 0 Å². The fourth-order valence-electron chi connectivity index (χ4n) is 0.919. The summed E-state index contributed by atoms with van der Waals surface area (Å²) in [6.07, 6.45) is 0. The maximum absolute atomic E-state index is 11.0. The molecule has 4 nitrogen and oxygen atoms in total. The third kappa shape index (κ3) is 2.20. The number of hydrogen-bond donors (Lipinski definition) is 0. The first-order valence-corrected chi connectivity index (χ1v) is 4.11. The van der Waals surface area contributed by atoms with Gasteiger partial charge < -0.3 is 4.74 Å². The SMILES string of the molecule is COC(=O)c1ccc(C(=O)N=S)cc1. The standard InChI is InChI=1S/C9H7NO3S/c1-13-9(12)7-4-2-6(3-5-7)8(11)10-14/h2-5H,1H3. The van der Waals surface area contributed by atoms with Gasteiger partial charge in [0.2, 0.25) is 0 Å². The first-order valence-electron chi connectivity index (χ1n) is 3.75. The Morgan fingerprint density at radius 3 is 2.14 bits per heavy atom. The van der Waals surface area contributed by atoms with Gasteiger partial charge in [-0.1, -0.05) is 0 Å². The quantitative estimate of drug-likeness (QED) is 0.690. The summed E-state index contributed by atoms with van der Waals surface area (Å²) in [6.45, 7) is 0. The average molecular weight is 209 g/mol. The fraction of sp³-hybridized carbons (Fsp3) is 0.111. The minimum absolute atomic E-state index is 0.354. The van der Waals surface area contributed by atoms with Gasteiger partial charge in [-0.3, -0.25) is 4.79 Å². The predicted molar refractivity (Wildman–Crippen MR) is 51.9 cm³/mol. The van der Waals surface area contributed by atoms with Crippen molar-refractivity contribution in [1.29, 1.82) is 0 Å². The molecular formula is C9H7NO3S. The minimum atomic E-state index is -0.489. The summed E-state index contributed by atoms with van der Waals surface area (Å²) in [5.41, 5.74) is 0.737. The van der Waals surface area contributed by atoms with Crippen LogP contribution < -0.4 is 0 Å². The van der Waals surface area contributed by atoms with E-state index in [0.717, 1.165) is 0 Å². The molecule has 0 bridgehead atoms. The number of hydrogen-bond acceptors (Lipinski definition) is 4. The number of nitrogens with zero attached hydrogens (tertiary/aromatic N) is 1. The molecule has 1 aromatic carbocycles. The van der Waals surface area contributed by atoms with Gasteiger partial charge in [0.05, 0.1) is 12.7 Å². The predicted octanol–water partition coefficient (Wildman–Crippen LogP) is 1.34. The Bertz CT molecular complexity index is 372. The Morgan fingerprint density at radius 2 is 1.71 bits per heavy atom. The van der Waals surface area contributed by atoms with E-state index in [2.05, 4.69) is 21.5 Å². The number of benzene rings is 1. The highest BCUT2D eigenvalue weighted by Gasteiger charge is 2.07. The van der Waals surface area contributed by atoms with Crippen LogP contribution in [0.15, 0.2) is 28.6 Å². The summed E-state index contributed by atoms with van der Waals surface area (Å²) in [4.78, 5) is 22.0. The van der Waals surface area contributed by atoms with Gasteiger partial charge in [-0.25, -0.2) is 4.79 Å². The molecular weight excluding hydrogens is 202 g/mol.